The molecule has 7 nitrogen and oxygen atoms in total. The number of piperazine rings is 1. The molecule has 0 amide bonds. The van der Waals surface area contributed by atoms with Crippen LogP contribution in [0.4, 0.5) is 11.4 Å². The van der Waals surface area contributed by atoms with Crippen LogP contribution in [0.3, 0.4) is 0 Å². The molecule has 0 bridgehead atoms. The number of hydrogen-bond acceptors (Lipinski definition) is 7. The molecule has 2 heterocycles. The van der Waals surface area contributed by atoms with E-state index in [4.69, 9.17) is 9.73 Å². The molecule has 1 atom stereocenters. The molecule has 2 aliphatic heterocycles. The Morgan fingerprint density at radius 2 is 2.14 bits per heavy atom. The summed E-state index contributed by atoms with van der Waals surface area (Å²) in [6, 6.07) is 9.98. The van der Waals surface area contributed by atoms with Gasteiger partial charge in [-0.3, -0.25) is 0 Å². The minimum Gasteiger partial charge on any atom is -0.461 e. The number of nitrogens with zero attached hydrogens (tertiary/aromatic N) is 3. The molecule has 1 unspecified atom stereocenters. The summed E-state index contributed by atoms with van der Waals surface area (Å²) in [4.78, 5) is 19.7. The molecule has 0 aliphatic carbocycles. The molecule has 1 fully saturated rings. The summed E-state index contributed by atoms with van der Waals surface area (Å²) in [5.74, 6) is 0.316. The Kier molecular flexibility index (Phi) is 6.89. The lowest BCUT2D eigenvalue weighted by molar-refractivity contribution is -0.140. The van der Waals surface area contributed by atoms with E-state index >= 15 is 0 Å². The topological polar surface area (TPSA) is 89.8 Å². The molecular formula is C22H29N5O2. The van der Waals surface area contributed by atoms with Crippen LogP contribution in [0.15, 0.2) is 40.5 Å². The summed E-state index contributed by atoms with van der Waals surface area (Å²) in [6.07, 6.45) is 1.86. The molecule has 7 heteroatoms. The van der Waals surface area contributed by atoms with E-state index in [1.54, 1.807) is 0 Å². The van der Waals surface area contributed by atoms with Gasteiger partial charge in [0.1, 0.15) is 11.8 Å². The van der Waals surface area contributed by atoms with E-state index in [0.29, 0.717) is 24.1 Å². The van der Waals surface area contributed by atoms with Gasteiger partial charge in [-0.15, -0.1) is 0 Å². The Labute approximate surface area is 172 Å². The number of aliphatic imine (C=N–C) groups is 1. The van der Waals surface area contributed by atoms with E-state index in [1.807, 2.05) is 24.3 Å². The van der Waals surface area contributed by atoms with Crippen LogP contribution >= 0.6 is 0 Å². The van der Waals surface area contributed by atoms with Gasteiger partial charge in [-0.05, 0) is 25.0 Å². The fourth-order valence-electron chi connectivity index (χ4n) is 3.56. The minimum atomic E-state index is -0.600. The molecule has 154 valence electrons. The lowest BCUT2D eigenvalue weighted by Crippen LogP contribution is -2.52. The predicted octanol–water partition coefficient (Wildman–Crippen LogP) is 3.19. The van der Waals surface area contributed by atoms with Crippen molar-refractivity contribution in [3.05, 3.63) is 35.5 Å². The molecule has 0 saturated carbocycles. The predicted molar refractivity (Wildman–Crippen MR) is 114 cm³/mol. The average molecular weight is 396 g/mol. The first-order chi connectivity index (χ1) is 14.1. The Balaban J connectivity index is 1.96. The van der Waals surface area contributed by atoms with Crippen molar-refractivity contribution >= 4 is 23.2 Å². The molecular weight excluding hydrogens is 366 g/mol. The Morgan fingerprint density at radius 3 is 2.83 bits per heavy atom. The smallest absolute Gasteiger partial charge is 0.351 e. The van der Waals surface area contributed by atoms with Crippen LogP contribution in [0.1, 0.15) is 33.6 Å². The minimum absolute atomic E-state index is 0.0320. The van der Waals surface area contributed by atoms with Crippen molar-refractivity contribution in [2.24, 2.45) is 10.9 Å². The SMILES string of the molecule is CCC(CC)COC(=O)C(C#N)=C1Nc2ccccc2N=C1N1CCNC(C)C1. The van der Waals surface area contributed by atoms with Gasteiger partial charge in [0, 0.05) is 25.7 Å². The quantitative estimate of drug-likeness (QED) is 0.452. The molecule has 1 aromatic rings. The van der Waals surface area contributed by atoms with E-state index in [9.17, 15) is 10.1 Å². The number of nitrogens with one attached hydrogen (secondary N) is 2. The Morgan fingerprint density at radius 1 is 1.38 bits per heavy atom. The van der Waals surface area contributed by atoms with E-state index in [0.717, 1.165) is 43.9 Å². The third-order valence-corrected chi connectivity index (χ3v) is 5.45. The van der Waals surface area contributed by atoms with Crippen molar-refractivity contribution < 1.29 is 9.53 Å². The van der Waals surface area contributed by atoms with Gasteiger partial charge in [-0.25, -0.2) is 9.79 Å². The van der Waals surface area contributed by atoms with E-state index in [2.05, 4.69) is 42.4 Å². The monoisotopic (exact) mass is 395 g/mol. The number of ether oxygens (including phenoxy) is 1. The zero-order valence-corrected chi connectivity index (χ0v) is 17.4. The molecule has 1 aromatic carbocycles. The number of carbonyl (C=O) groups is 1. The highest BCUT2D eigenvalue weighted by Gasteiger charge is 2.30. The third kappa shape index (κ3) is 4.77. The van der Waals surface area contributed by atoms with Crippen LogP contribution in [-0.2, 0) is 9.53 Å². The van der Waals surface area contributed by atoms with Gasteiger partial charge in [-0.1, -0.05) is 38.8 Å². The van der Waals surface area contributed by atoms with Crippen molar-refractivity contribution in [1.29, 1.82) is 5.26 Å². The van der Waals surface area contributed by atoms with Gasteiger partial charge < -0.3 is 20.3 Å². The number of anilines is 1. The fraction of sp³-hybridized carbons (Fsp3) is 0.500. The van der Waals surface area contributed by atoms with Gasteiger partial charge >= 0.3 is 5.97 Å². The van der Waals surface area contributed by atoms with Crippen LogP contribution in [0.2, 0.25) is 0 Å². The summed E-state index contributed by atoms with van der Waals surface area (Å²) in [5, 5.41) is 16.5. The van der Waals surface area contributed by atoms with Crippen LogP contribution in [-0.4, -0.2) is 49.0 Å². The molecule has 29 heavy (non-hydrogen) atoms. The molecule has 3 rings (SSSR count). The molecule has 0 radical (unpaired) electrons. The zero-order chi connectivity index (χ0) is 20.8. The maximum absolute atomic E-state index is 12.8. The Hall–Kier alpha value is -2.85. The van der Waals surface area contributed by atoms with Crippen LogP contribution < -0.4 is 10.6 Å². The highest BCUT2D eigenvalue weighted by molar-refractivity contribution is 6.12. The Bertz CT molecular complexity index is 851. The lowest BCUT2D eigenvalue weighted by atomic mass is 10.1. The molecule has 2 N–H and O–H groups in total. The van der Waals surface area contributed by atoms with E-state index in [-0.39, 0.29) is 11.6 Å². The molecule has 2 aliphatic rings. The number of fused-ring (bicyclic) bond motifs is 1. The average Bonchev–Trinajstić information content (AvgIpc) is 2.74. The number of rotatable bonds is 5. The van der Waals surface area contributed by atoms with Crippen molar-refractivity contribution in [3.8, 4) is 6.07 Å². The van der Waals surface area contributed by atoms with Gasteiger partial charge in [0.25, 0.3) is 0 Å². The van der Waals surface area contributed by atoms with Crippen LogP contribution in [0, 0.1) is 17.2 Å². The summed E-state index contributed by atoms with van der Waals surface area (Å²) < 4.78 is 5.49. The van der Waals surface area contributed by atoms with Gasteiger partial charge in [-0.2, -0.15) is 5.26 Å². The van der Waals surface area contributed by atoms with Crippen molar-refractivity contribution in [1.82, 2.24) is 10.2 Å². The standard InChI is InChI=1S/C22H29N5O2/c1-4-16(5-2)14-29-22(28)17(12-23)20-21(27-11-10-24-15(3)13-27)26-19-9-7-6-8-18(19)25-20/h6-9,15-16,24-25H,4-5,10-11,13-14H2,1-3H3. The molecule has 0 spiro atoms. The summed E-state index contributed by atoms with van der Waals surface area (Å²) in [7, 11) is 0. The third-order valence-electron chi connectivity index (χ3n) is 5.45. The van der Waals surface area contributed by atoms with Crippen LogP contribution in [0.5, 0.6) is 0 Å². The van der Waals surface area contributed by atoms with Crippen molar-refractivity contribution in [3.63, 3.8) is 0 Å². The zero-order valence-electron chi connectivity index (χ0n) is 17.4. The fourth-order valence-corrected chi connectivity index (χ4v) is 3.56. The van der Waals surface area contributed by atoms with Crippen molar-refractivity contribution in [2.75, 3.05) is 31.6 Å². The summed E-state index contributed by atoms with van der Waals surface area (Å²) >= 11 is 0. The normalized spacial score (nSPS) is 20.3. The first kappa shape index (κ1) is 20.9. The number of benzene rings is 1. The summed E-state index contributed by atoms with van der Waals surface area (Å²) in [6.45, 7) is 8.87. The number of nitriles is 1. The van der Waals surface area contributed by atoms with E-state index < -0.39 is 5.97 Å². The second-order valence-electron chi connectivity index (χ2n) is 7.52. The first-order valence-electron chi connectivity index (χ1n) is 10.3. The summed E-state index contributed by atoms with van der Waals surface area (Å²) in [5.41, 5.74) is 1.96. The van der Waals surface area contributed by atoms with E-state index in [1.165, 1.54) is 0 Å². The number of esters is 1. The number of hydrogen-bond donors (Lipinski definition) is 2. The van der Waals surface area contributed by atoms with Crippen molar-refractivity contribution in [2.45, 2.75) is 39.7 Å². The highest BCUT2D eigenvalue weighted by Crippen LogP contribution is 2.33. The number of carbonyl (C=O) groups excluding carboxylic acids is 1. The first-order valence-corrected chi connectivity index (χ1v) is 10.3. The second kappa shape index (κ2) is 9.57. The lowest BCUT2D eigenvalue weighted by Gasteiger charge is -2.36. The molecule has 1 saturated heterocycles. The highest BCUT2D eigenvalue weighted by atomic mass is 16.5. The van der Waals surface area contributed by atoms with Crippen LogP contribution in [0.25, 0.3) is 0 Å². The molecule has 0 aromatic heterocycles. The largest absolute Gasteiger partial charge is 0.461 e. The number of amidine groups is 1. The maximum atomic E-state index is 12.8. The second-order valence-corrected chi connectivity index (χ2v) is 7.52. The maximum Gasteiger partial charge on any atom is 0.351 e. The van der Waals surface area contributed by atoms with Gasteiger partial charge in [0.15, 0.2) is 11.4 Å². The van der Waals surface area contributed by atoms with Gasteiger partial charge in [0.2, 0.25) is 0 Å². The number of para-hydroxylation sites is 2. The van der Waals surface area contributed by atoms with Gasteiger partial charge in [0.05, 0.1) is 18.0 Å².